The van der Waals surface area contributed by atoms with Gasteiger partial charge in [-0.25, -0.2) is 0 Å². The molecule has 0 aliphatic carbocycles. The Morgan fingerprint density at radius 1 is 1.04 bits per heavy atom. The number of likely N-dealkylation sites (N-methyl/N-ethyl adjacent to an activating group) is 1. The molecule has 0 spiro atoms. The molecule has 0 saturated carbocycles. The van der Waals surface area contributed by atoms with E-state index in [1.165, 1.54) is 5.56 Å². The molecule has 1 N–H and O–H groups in total. The van der Waals surface area contributed by atoms with Crippen LogP contribution in [0.1, 0.15) is 15.9 Å². The van der Waals surface area contributed by atoms with E-state index in [9.17, 15) is 4.79 Å². The summed E-state index contributed by atoms with van der Waals surface area (Å²) in [6, 6.07) is 15.8. The van der Waals surface area contributed by atoms with E-state index < -0.39 is 0 Å². The number of carbonyl (C=O) groups excluding carboxylic acids is 1. The van der Waals surface area contributed by atoms with Gasteiger partial charge in [0.05, 0.1) is 5.56 Å². The Hall–Kier alpha value is -1.44. The van der Waals surface area contributed by atoms with E-state index in [0.29, 0.717) is 5.56 Å². The summed E-state index contributed by atoms with van der Waals surface area (Å²) < 4.78 is 0.958. The molecule has 1 saturated heterocycles. The van der Waals surface area contributed by atoms with Crippen molar-refractivity contribution in [2.24, 2.45) is 0 Å². The summed E-state index contributed by atoms with van der Waals surface area (Å²) in [6.07, 6.45) is 0. The molecule has 0 unspecified atom stereocenters. The summed E-state index contributed by atoms with van der Waals surface area (Å²) in [6.45, 7) is 5.45. The molecule has 1 aliphatic heterocycles. The molecule has 0 aromatic heterocycles. The third-order valence-electron chi connectivity index (χ3n) is 4.33. The van der Waals surface area contributed by atoms with E-state index in [-0.39, 0.29) is 5.91 Å². The molecule has 126 valence electrons. The van der Waals surface area contributed by atoms with Crippen molar-refractivity contribution in [1.82, 2.24) is 9.80 Å². The molecule has 4 nitrogen and oxygen atoms in total. The van der Waals surface area contributed by atoms with Gasteiger partial charge in [0.1, 0.15) is 0 Å². The maximum atomic E-state index is 12.3. The summed E-state index contributed by atoms with van der Waals surface area (Å²) >= 11 is 2.19. The van der Waals surface area contributed by atoms with Gasteiger partial charge in [-0.15, -0.1) is 0 Å². The van der Waals surface area contributed by atoms with E-state index in [2.05, 4.69) is 56.9 Å². The number of nitrogens with zero attached hydrogens (tertiary/aromatic N) is 2. The van der Waals surface area contributed by atoms with E-state index >= 15 is 0 Å². The Morgan fingerprint density at radius 3 is 2.38 bits per heavy atom. The van der Waals surface area contributed by atoms with Gasteiger partial charge in [0.25, 0.3) is 5.91 Å². The van der Waals surface area contributed by atoms with Gasteiger partial charge in [-0.05, 0) is 59.5 Å². The summed E-state index contributed by atoms with van der Waals surface area (Å²) in [5, 5.41) is 2.97. The van der Waals surface area contributed by atoms with Crippen molar-refractivity contribution in [3.05, 3.63) is 63.2 Å². The Morgan fingerprint density at radius 2 is 1.71 bits per heavy atom. The topological polar surface area (TPSA) is 35.6 Å². The number of benzene rings is 2. The van der Waals surface area contributed by atoms with Crippen LogP contribution in [0.5, 0.6) is 0 Å². The number of rotatable bonds is 4. The van der Waals surface area contributed by atoms with Gasteiger partial charge in [0, 0.05) is 42.0 Å². The van der Waals surface area contributed by atoms with Crippen molar-refractivity contribution in [3.63, 3.8) is 0 Å². The Labute approximate surface area is 157 Å². The lowest BCUT2D eigenvalue weighted by Gasteiger charge is -2.32. The highest BCUT2D eigenvalue weighted by Gasteiger charge is 2.14. The van der Waals surface area contributed by atoms with Crippen LogP contribution < -0.4 is 5.32 Å². The predicted molar refractivity (Wildman–Crippen MR) is 106 cm³/mol. The fourth-order valence-corrected chi connectivity index (χ4v) is 3.43. The normalized spacial score (nSPS) is 16.1. The average Bonchev–Trinajstić information content (AvgIpc) is 2.59. The van der Waals surface area contributed by atoms with Gasteiger partial charge < -0.3 is 10.2 Å². The number of amides is 1. The van der Waals surface area contributed by atoms with Crippen LogP contribution in [0.15, 0.2) is 48.5 Å². The van der Waals surface area contributed by atoms with Crippen molar-refractivity contribution >= 4 is 34.2 Å². The minimum atomic E-state index is -0.0631. The molecule has 1 amide bonds. The van der Waals surface area contributed by atoms with Crippen LogP contribution in [0.4, 0.5) is 5.69 Å². The van der Waals surface area contributed by atoms with E-state index in [1.807, 2.05) is 36.4 Å². The highest BCUT2D eigenvalue weighted by atomic mass is 127. The lowest BCUT2D eigenvalue weighted by Crippen LogP contribution is -2.43. The van der Waals surface area contributed by atoms with Crippen LogP contribution in [0.25, 0.3) is 0 Å². The predicted octanol–water partition coefficient (Wildman–Crippen LogP) is 3.29. The second kappa shape index (κ2) is 8.09. The first-order valence-electron chi connectivity index (χ1n) is 8.17. The summed E-state index contributed by atoms with van der Waals surface area (Å²) in [5.41, 5.74) is 2.83. The fourth-order valence-electron chi connectivity index (χ4n) is 2.80. The summed E-state index contributed by atoms with van der Waals surface area (Å²) in [7, 11) is 2.17. The van der Waals surface area contributed by atoms with Crippen molar-refractivity contribution < 1.29 is 4.79 Å². The van der Waals surface area contributed by atoms with Crippen LogP contribution in [0.3, 0.4) is 0 Å². The second-order valence-corrected chi connectivity index (χ2v) is 7.37. The van der Waals surface area contributed by atoms with Gasteiger partial charge in [0.2, 0.25) is 0 Å². The van der Waals surface area contributed by atoms with Crippen molar-refractivity contribution in [2.45, 2.75) is 6.54 Å². The number of piperazine rings is 1. The van der Waals surface area contributed by atoms with Crippen LogP contribution in [-0.4, -0.2) is 48.9 Å². The van der Waals surface area contributed by atoms with Gasteiger partial charge in [-0.2, -0.15) is 0 Å². The summed E-state index contributed by atoms with van der Waals surface area (Å²) in [5.74, 6) is -0.0631. The summed E-state index contributed by atoms with van der Waals surface area (Å²) in [4.78, 5) is 17.2. The first-order chi connectivity index (χ1) is 11.6. The Balaban J connectivity index is 1.58. The quantitative estimate of drug-likeness (QED) is 0.749. The number of nitrogens with one attached hydrogen (secondary N) is 1. The molecule has 2 aromatic rings. The largest absolute Gasteiger partial charge is 0.322 e. The molecule has 24 heavy (non-hydrogen) atoms. The molecule has 0 bridgehead atoms. The van der Waals surface area contributed by atoms with Crippen molar-refractivity contribution in [1.29, 1.82) is 0 Å². The van der Waals surface area contributed by atoms with Crippen LogP contribution in [0, 0.1) is 3.57 Å². The molecule has 3 rings (SSSR count). The van der Waals surface area contributed by atoms with Gasteiger partial charge in [-0.3, -0.25) is 9.69 Å². The second-order valence-electron chi connectivity index (χ2n) is 6.21. The molecule has 1 aliphatic rings. The van der Waals surface area contributed by atoms with E-state index in [0.717, 1.165) is 42.0 Å². The first-order valence-corrected chi connectivity index (χ1v) is 9.25. The number of halogens is 1. The zero-order valence-corrected chi connectivity index (χ0v) is 16.0. The third kappa shape index (κ3) is 4.55. The molecule has 1 fully saturated rings. The molecule has 0 atom stereocenters. The third-order valence-corrected chi connectivity index (χ3v) is 5.27. The van der Waals surface area contributed by atoms with Crippen molar-refractivity contribution in [3.8, 4) is 0 Å². The van der Waals surface area contributed by atoms with Gasteiger partial charge >= 0.3 is 0 Å². The zero-order valence-electron chi connectivity index (χ0n) is 13.8. The number of carbonyl (C=O) groups is 1. The Bertz CT molecular complexity index is 694. The number of hydrogen-bond acceptors (Lipinski definition) is 3. The number of hydrogen-bond donors (Lipinski definition) is 1. The molecule has 5 heteroatoms. The van der Waals surface area contributed by atoms with Crippen LogP contribution >= 0.6 is 22.6 Å². The monoisotopic (exact) mass is 435 g/mol. The smallest absolute Gasteiger partial charge is 0.256 e. The molecule has 2 aromatic carbocycles. The van der Waals surface area contributed by atoms with Gasteiger partial charge in [-0.1, -0.05) is 24.3 Å². The fraction of sp³-hybridized carbons (Fsp3) is 0.316. The molecular weight excluding hydrogens is 413 g/mol. The highest BCUT2D eigenvalue weighted by Crippen LogP contribution is 2.16. The minimum absolute atomic E-state index is 0.0631. The van der Waals surface area contributed by atoms with Crippen LogP contribution in [-0.2, 0) is 6.54 Å². The lowest BCUT2D eigenvalue weighted by atomic mass is 10.1. The van der Waals surface area contributed by atoms with Crippen LogP contribution in [0.2, 0.25) is 0 Å². The van der Waals surface area contributed by atoms with E-state index in [4.69, 9.17) is 0 Å². The SMILES string of the molecule is CN1CCN(Cc2ccc(NC(=O)c3ccccc3I)cc2)CC1. The zero-order chi connectivity index (χ0) is 16.9. The maximum absolute atomic E-state index is 12.3. The lowest BCUT2D eigenvalue weighted by molar-refractivity contribution is 0.102. The number of anilines is 1. The van der Waals surface area contributed by atoms with Crippen molar-refractivity contribution in [2.75, 3.05) is 38.5 Å². The highest BCUT2D eigenvalue weighted by molar-refractivity contribution is 14.1. The first kappa shape index (κ1) is 17.4. The average molecular weight is 435 g/mol. The molecule has 1 heterocycles. The van der Waals surface area contributed by atoms with Gasteiger partial charge in [0.15, 0.2) is 0 Å². The van der Waals surface area contributed by atoms with E-state index in [1.54, 1.807) is 0 Å². The maximum Gasteiger partial charge on any atom is 0.256 e. The Kier molecular flexibility index (Phi) is 5.86. The minimum Gasteiger partial charge on any atom is -0.322 e. The molecule has 0 radical (unpaired) electrons. The standard InChI is InChI=1S/C19H22IN3O/c1-22-10-12-23(13-11-22)14-15-6-8-16(9-7-15)21-19(24)17-4-2-3-5-18(17)20/h2-9H,10-14H2,1H3,(H,21,24). The molecular formula is C19H22IN3O.